The summed E-state index contributed by atoms with van der Waals surface area (Å²) in [6.45, 7) is -0.0172. The van der Waals surface area contributed by atoms with Crippen molar-refractivity contribution in [2.75, 3.05) is 0 Å². The van der Waals surface area contributed by atoms with Crippen molar-refractivity contribution in [2.24, 2.45) is 5.73 Å². The van der Waals surface area contributed by atoms with Gasteiger partial charge in [-0.25, -0.2) is 4.39 Å². The molecule has 0 saturated carbocycles. The quantitative estimate of drug-likeness (QED) is 0.820. The molecular weight excluding hydrogens is 258 g/mol. The van der Waals surface area contributed by atoms with Crippen LogP contribution in [0.3, 0.4) is 0 Å². The summed E-state index contributed by atoms with van der Waals surface area (Å²) in [7, 11) is 0. The molecule has 19 heavy (non-hydrogen) atoms. The molecule has 0 radical (unpaired) electrons. The third-order valence-corrected chi connectivity index (χ3v) is 2.81. The summed E-state index contributed by atoms with van der Waals surface area (Å²) >= 11 is 0. The van der Waals surface area contributed by atoms with E-state index in [0.717, 1.165) is 18.2 Å². The summed E-state index contributed by atoms with van der Waals surface area (Å²) in [5.74, 6) is -0.498. The molecule has 2 aromatic rings. The Morgan fingerprint density at radius 1 is 0.947 bits per heavy atom. The van der Waals surface area contributed by atoms with E-state index in [1.807, 2.05) is 0 Å². The highest BCUT2D eigenvalue weighted by Gasteiger charge is 2.34. The van der Waals surface area contributed by atoms with Crippen molar-refractivity contribution >= 4 is 0 Å². The molecular formula is C14H11F4N. The Kier molecular flexibility index (Phi) is 3.57. The van der Waals surface area contributed by atoms with Crippen LogP contribution < -0.4 is 5.73 Å². The Morgan fingerprint density at radius 2 is 1.58 bits per heavy atom. The molecule has 5 heteroatoms. The van der Waals surface area contributed by atoms with Crippen molar-refractivity contribution in [3.63, 3.8) is 0 Å². The molecule has 100 valence electrons. The SMILES string of the molecule is NCc1cccc(C(F)(F)F)c1-c1ccc(F)cc1. The number of alkyl halides is 3. The van der Waals surface area contributed by atoms with Crippen LogP contribution in [0.25, 0.3) is 11.1 Å². The topological polar surface area (TPSA) is 26.0 Å². The maximum atomic E-state index is 13.0. The zero-order valence-corrected chi connectivity index (χ0v) is 9.84. The Morgan fingerprint density at radius 3 is 2.11 bits per heavy atom. The molecule has 0 aromatic heterocycles. The summed E-state index contributed by atoms with van der Waals surface area (Å²) < 4.78 is 51.9. The van der Waals surface area contributed by atoms with Crippen molar-refractivity contribution in [1.29, 1.82) is 0 Å². The van der Waals surface area contributed by atoms with Gasteiger partial charge in [-0.1, -0.05) is 24.3 Å². The molecule has 0 aliphatic rings. The van der Waals surface area contributed by atoms with Crippen molar-refractivity contribution in [3.8, 4) is 11.1 Å². The fourth-order valence-electron chi connectivity index (χ4n) is 1.96. The van der Waals surface area contributed by atoms with Crippen LogP contribution in [-0.2, 0) is 12.7 Å². The van der Waals surface area contributed by atoms with Gasteiger partial charge < -0.3 is 5.73 Å². The number of nitrogens with two attached hydrogens (primary N) is 1. The molecule has 0 heterocycles. The van der Waals surface area contributed by atoms with Crippen molar-refractivity contribution in [1.82, 2.24) is 0 Å². The lowest BCUT2D eigenvalue weighted by Crippen LogP contribution is -2.10. The number of rotatable bonds is 2. The van der Waals surface area contributed by atoms with Gasteiger partial charge in [-0.3, -0.25) is 0 Å². The summed E-state index contributed by atoms with van der Waals surface area (Å²) in [6.07, 6.45) is -4.48. The van der Waals surface area contributed by atoms with E-state index in [1.54, 1.807) is 0 Å². The van der Waals surface area contributed by atoms with Gasteiger partial charge in [0.2, 0.25) is 0 Å². The number of halogens is 4. The Hall–Kier alpha value is -1.88. The third kappa shape index (κ3) is 2.76. The van der Waals surface area contributed by atoms with Crippen LogP contribution in [0.2, 0.25) is 0 Å². The Bertz CT molecular complexity index is 573. The van der Waals surface area contributed by atoms with Crippen molar-refractivity contribution in [3.05, 3.63) is 59.4 Å². The lowest BCUT2D eigenvalue weighted by Gasteiger charge is -2.16. The van der Waals surface area contributed by atoms with Crippen LogP contribution in [0.15, 0.2) is 42.5 Å². The van der Waals surface area contributed by atoms with Gasteiger partial charge in [0.05, 0.1) is 5.56 Å². The van der Waals surface area contributed by atoms with Gasteiger partial charge in [0.1, 0.15) is 5.82 Å². The maximum absolute atomic E-state index is 13.0. The van der Waals surface area contributed by atoms with Gasteiger partial charge in [0, 0.05) is 6.54 Å². The van der Waals surface area contributed by atoms with E-state index in [-0.39, 0.29) is 12.1 Å². The van der Waals surface area contributed by atoms with Crippen LogP contribution in [0.5, 0.6) is 0 Å². The van der Waals surface area contributed by atoms with Crippen LogP contribution in [-0.4, -0.2) is 0 Å². The van der Waals surface area contributed by atoms with Crippen LogP contribution in [0.4, 0.5) is 17.6 Å². The highest BCUT2D eigenvalue weighted by Crippen LogP contribution is 2.38. The molecule has 0 fully saturated rings. The highest BCUT2D eigenvalue weighted by atomic mass is 19.4. The first kappa shape index (κ1) is 13.5. The largest absolute Gasteiger partial charge is 0.417 e. The monoisotopic (exact) mass is 269 g/mol. The van der Waals surface area contributed by atoms with E-state index in [1.165, 1.54) is 24.3 Å². The number of hydrogen-bond acceptors (Lipinski definition) is 1. The molecule has 0 saturated heterocycles. The summed E-state index contributed by atoms with van der Waals surface area (Å²) in [5, 5.41) is 0. The molecule has 0 aliphatic carbocycles. The standard InChI is InChI=1S/C14H11F4N/c15-11-6-4-9(5-7-11)13-10(8-19)2-1-3-12(13)14(16,17)18/h1-7H,8,19H2. The highest BCUT2D eigenvalue weighted by molar-refractivity contribution is 5.71. The lowest BCUT2D eigenvalue weighted by atomic mass is 9.94. The van der Waals surface area contributed by atoms with E-state index in [2.05, 4.69) is 0 Å². The molecule has 2 aromatic carbocycles. The predicted molar refractivity (Wildman–Crippen MR) is 64.7 cm³/mol. The second kappa shape index (κ2) is 5.01. The molecule has 2 rings (SSSR count). The van der Waals surface area contributed by atoms with E-state index in [0.29, 0.717) is 11.1 Å². The molecule has 0 atom stereocenters. The molecule has 0 bridgehead atoms. The minimum Gasteiger partial charge on any atom is -0.326 e. The lowest BCUT2D eigenvalue weighted by molar-refractivity contribution is -0.137. The predicted octanol–water partition coefficient (Wildman–Crippen LogP) is 3.97. The van der Waals surface area contributed by atoms with Crippen LogP contribution in [0.1, 0.15) is 11.1 Å². The smallest absolute Gasteiger partial charge is 0.326 e. The third-order valence-electron chi connectivity index (χ3n) is 2.81. The number of benzene rings is 2. The molecule has 0 aliphatic heterocycles. The average Bonchev–Trinajstić information content (AvgIpc) is 2.38. The molecule has 1 nitrogen and oxygen atoms in total. The fourth-order valence-corrected chi connectivity index (χ4v) is 1.96. The normalized spacial score (nSPS) is 11.6. The van der Waals surface area contributed by atoms with Gasteiger partial charge in [-0.05, 0) is 34.9 Å². The molecule has 0 amide bonds. The Balaban J connectivity index is 2.69. The first-order valence-corrected chi connectivity index (χ1v) is 5.58. The van der Waals surface area contributed by atoms with E-state index in [9.17, 15) is 17.6 Å². The summed E-state index contributed by atoms with van der Waals surface area (Å²) in [6, 6.07) is 8.74. The molecule has 0 unspecified atom stereocenters. The van der Waals surface area contributed by atoms with Crippen molar-refractivity contribution < 1.29 is 17.6 Å². The second-order valence-electron chi connectivity index (χ2n) is 4.05. The van der Waals surface area contributed by atoms with Gasteiger partial charge >= 0.3 is 6.18 Å². The fraction of sp³-hybridized carbons (Fsp3) is 0.143. The van der Waals surface area contributed by atoms with E-state index in [4.69, 9.17) is 5.73 Å². The minimum absolute atomic E-state index is 0.0116. The van der Waals surface area contributed by atoms with Gasteiger partial charge in [0.15, 0.2) is 0 Å². The second-order valence-corrected chi connectivity index (χ2v) is 4.05. The van der Waals surface area contributed by atoms with E-state index >= 15 is 0 Å². The minimum atomic E-state index is -4.48. The van der Waals surface area contributed by atoms with Gasteiger partial charge in [-0.2, -0.15) is 13.2 Å². The molecule has 0 spiro atoms. The summed E-state index contributed by atoms with van der Waals surface area (Å²) in [4.78, 5) is 0. The average molecular weight is 269 g/mol. The maximum Gasteiger partial charge on any atom is 0.417 e. The van der Waals surface area contributed by atoms with E-state index < -0.39 is 17.6 Å². The summed E-state index contributed by atoms with van der Waals surface area (Å²) in [5.41, 5.74) is 5.42. The zero-order chi connectivity index (χ0) is 14.0. The van der Waals surface area contributed by atoms with Crippen molar-refractivity contribution in [2.45, 2.75) is 12.7 Å². The van der Waals surface area contributed by atoms with Crippen LogP contribution >= 0.6 is 0 Å². The number of hydrogen-bond donors (Lipinski definition) is 1. The first-order chi connectivity index (χ1) is 8.93. The van der Waals surface area contributed by atoms with Gasteiger partial charge in [-0.15, -0.1) is 0 Å². The van der Waals surface area contributed by atoms with Gasteiger partial charge in [0.25, 0.3) is 0 Å². The Labute approximate surface area is 107 Å². The zero-order valence-electron chi connectivity index (χ0n) is 9.84. The first-order valence-electron chi connectivity index (χ1n) is 5.58. The molecule has 2 N–H and O–H groups in total. The van der Waals surface area contributed by atoms with Crippen LogP contribution in [0, 0.1) is 5.82 Å².